The number of rotatable bonds is 3. The molecule has 0 amide bonds. The first kappa shape index (κ1) is 20.3. The molecule has 5 heterocycles. The summed E-state index contributed by atoms with van der Waals surface area (Å²) in [7, 11) is 1.91. The second-order valence-corrected chi connectivity index (χ2v) is 9.99. The number of nitrogens with zero attached hydrogens (tertiary/aromatic N) is 6. The maximum atomic E-state index is 9.21. The van der Waals surface area contributed by atoms with Gasteiger partial charge in [0.1, 0.15) is 0 Å². The molecule has 2 fully saturated rings. The van der Waals surface area contributed by atoms with Crippen LogP contribution in [0.25, 0.3) is 32.7 Å². The molecule has 7 nitrogen and oxygen atoms in total. The van der Waals surface area contributed by atoms with E-state index in [-0.39, 0.29) is 0 Å². The molecule has 2 aliphatic heterocycles. The van der Waals surface area contributed by atoms with Gasteiger partial charge in [-0.1, -0.05) is 23.5 Å². The van der Waals surface area contributed by atoms with Gasteiger partial charge in [-0.3, -0.25) is 4.68 Å². The normalized spacial score (nSPS) is 20.5. The van der Waals surface area contributed by atoms with Gasteiger partial charge >= 0.3 is 0 Å². The maximum absolute atomic E-state index is 9.21. The van der Waals surface area contributed by atoms with E-state index in [0.29, 0.717) is 5.56 Å². The van der Waals surface area contributed by atoms with Crippen molar-refractivity contribution in [3.8, 4) is 27.8 Å². The minimum atomic E-state index is 0.655. The minimum Gasteiger partial charge on any atom is -0.348 e. The molecule has 0 radical (unpaired) electrons. The van der Waals surface area contributed by atoms with Crippen LogP contribution in [0, 0.1) is 23.2 Å². The summed E-state index contributed by atoms with van der Waals surface area (Å²) in [6.07, 6.45) is 6.20. The zero-order valence-corrected chi connectivity index (χ0v) is 19.3. The first-order valence-corrected chi connectivity index (χ1v) is 12.3. The Morgan fingerprint density at radius 3 is 2.55 bits per heavy atom. The summed E-state index contributed by atoms with van der Waals surface area (Å²) in [5.74, 6) is 1.56. The Labute approximate surface area is 196 Å². The summed E-state index contributed by atoms with van der Waals surface area (Å²) in [5, 5.41) is 19.2. The molecule has 33 heavy (non-hydrogen) atoms. The first-order chi connectivity index (χ1) is 16.2. The number of thiazole rings is 1. The Morgan fingerprint density at radius 1 is 1.06 bits per heavy atom. The monoisotopic (exact) mass is 455 g/mol. The van der Waals surface area contributed by atoms with Gasteiger partial charge in [-0.05, 0) is 56.0 Å². The van der Waals surface area contributed by atoms with Gasteiger partial charge in [-0.2, -0.15) is 10.4 Å². The molecule has 2 saturated heterocycles. The largest absolute Gasteiger partial charge is 0.348 e. The highest BCUT2D eigenvalue weighted by atomic mass is 32.1. The average molecular weight is 456 g/mol. The van der Waals surface area contributed by atoms with Crippen LogP contribution in [0.15, 0.2) is 42.7 Å². The smallest absolute Gasteiger partial charge is 0.186 e. The van der Waals surface area contributed by atoms with Crippen molar-refractivity contribution in [1.82, 2.24) is 25.1 Å². The van der Waals surface area contributed by atoms with E-state index >= 15 is 0 Å². The summed E-state index contributed by atoms with van der Waals surface area (Å²) < 4.78 is 1.79. The molecule has 0 saturated carbocycles. The topological polar surface area (TPSA) is 82.7 Å². The molecule has 2 unspecified atom stereocenters. The molecule has 2 aliphatic rings. The second kappa shape index (κ2) is 8.25. The molecule has 1 N–H and O–H groups in total. The van der Waals surface area contributed by atoms with E-state index in [0.717, 1.165) is 75.9 Å². The van der Waals surface area contributed by atoms with Gasteiger partial charge in [-0.15, -0.1) is 0 Å². The number of fused-ring (bicyclic) bond motifs is 2. The van der Waals surface area contributed by atoms with E-state index in [1.807, 2.05) is 43.7 Å². The Bertz CT molecular complexity index is 1330. The highest BCUT2D eigenvalue weighted by Gasteiger charge is 2.31. The molecule has 3 aromatic heterocycles. The van der Waals surface area contributed by atoms with Crippen molar-refractivity contribution in [2.24, 2.45) is 18.9 Å². The van der Waals surface area contributed by atoms with Gasteiger partial charge in [0.05, 0.1) is 28.4 Å². The molecule has 6 rings (SSSR count). The van der Waals surface area contributed by atoms with Crippen molar-refractivity contribution in [1.29, 1.82) is 5.26 Å². The Balaban J connectivity index is 1.42. The number of nitrogens with one attached hydrogen (secondary N) is 1. The van der Waals surface area contributed by atoms with Crippen molar-refractivity contribution >= 4 is 27.5 Å². The summed E-state index contributed by atoms with van der Waals surface area (Å²) >= 11 is 1.74. The van der Waals surface area contributed by atoms with Crippen LogP contribution >= 0.6 is 11.3 Å². The lowest BCUT2D eigenvalue weighted by Gasteiger charge is -2.19. The second-order valence-electron chi connectivity index (χ2n) is 9.01. The van der Waals surface area contributed by atoms with Crippen molar-refractivity contribution in [2.75, 3.05) is 31.1 Å². The molecule has 0 aliphatic carbocycles. The molecule has 166 valence electrons. The number of benzene rings is 1. The molecule has 0 bridgehead atoms. The van der Waals surface area contributed by atoms with E-state index in [1.54, 1.807) is 16.0 Å². The maximum Gasteiger partial charge on any atom is 0.186 e. The van der Waals surface area contributed by atoms with Gasteiger partial charge in [0.2, 0.25) is 0 Å². The molecular weight excluding hydrogens is 430 g/mol. The zero-order valence-electron chi connectivity index (χ0n) is 18.5. The fourth-order valence-electron chi connectivity index (χ4n) is 5.12. The van der Waals surface area contributed by atoms with E-state index in [4.69, 9.17) is 4.98 Å². The van der Waals surface area contributed by atoms with Crippen LogP contribution in [0.1, 0.15) is 18.4 Å². The van der Waals surface area contributed by atoms with Crippen LogP contribution in [-0.4, -0.2) is 45.9 Å². The molecule has 4 aromatic rings. The number of aryl methyl sites for hydroxylation is 1. The first-order valence-electron chi connectivity index (χ1n) is 11.4. The van der Waals surface area contributed by atoms with Crippen molar-refractivity contribution in [2.45, 2.75) is 12.8 Å². The lowest BCUT2D eigenvalue weighted by atomic mass is 9.92. The van der Waals surface area contributed by atoms with Crippen molar-refractivity contribution < 1.29 is 0 Å². The quantitative estimate of drug-likeness (QED) is 0.502. The number of anilines is 1. The van der Waals surface area contributed by atoms with Crippen LogP contribution in [0.2, 0.25) is 0 Å². The summed E-state index contributed by atoms with van der Waals surface area (Å²) in [6.45, 7) is 4.38. The molecular formula is C25H25N7S. The van der Waals surface area contributed by atoms with Crippen molar-refractivity contribution in [3.05, 3.63) is 48.3 Å². The number of hydrogen-bond acceptors (Lipinski definition) is 7. The third-order valence-electron chi connectivity index (χ3n) is 7.03. The zero-order chi connectivity index (χ0) is 22.4. The molecule has 2 atom stereocenters. The van der Waals surface area contributed by atoms with Crippen LogP contribution in [0.3, 0.4) is 0 Å². The van der Waals surface area contributed by atoms with E-state index in [1.165, 1.54) is 12.8 Å². The van der Waals surface area contributed by atoms with E-state index in [9.17, 15) is 5.26 Å². The molecule has 0 spiro atoms. The van der Waals surface area contributed by atoms with Crippen LogP contribution < -0.4 is 10.2 Å². The SMILES string of the molecule is Cn1ncc2cc(-c3sc(N4CCC5CNCC5CC4)nc3-c3ccc(C#N)cc3)cnc21. The Hall–Kier alpha value is -3.28. The van der Waals surface area contributed by atoms with E-state index in [2.05, 4.69) is 32.4 Å². The highest BCUT2D eigenvalue weighted by molar-refractivity contribution is 7.19. The summed E-state index contributed by atoms with van der Waals surface area (Å²) in [6, 6.07) is 12.1. The lowest BCUT2D eigenvalue weighted by Crippen LogP contribution is -2.25. The number of aromatic nitrogens is 4. The highest BCUT2D eigenvalue weighted by Crippen LogP contribution is 2.42. The van der Waals surface area contributed by atoms with Gasteiger partial charge < -0.3 is 10.2 Å². The van der Waals surface area contributed by atoms with Gasteiger partial charge in [-0.25, -0.2) is 9.97 Å². The number of hydrogen-bond donors (Lipinski definition) is 1. The number of nitriles is 1. The Kier molecular flexibility index (Phi) is 5.08. The van der Waals surface area contributed by atoms with E-state index < -0.39 is 0 Å². The fraction of sp³-hybridized carbons (Fsp3) is 0.360. The van der Waals surface area contributed by atoms with Gasteiger partial charge in [0, 0.05) is 42.8 Å². The fourth-order valence-corrected chi connectivity index (χ4v) is 6.24. The summed E-state index contributed by atoms with van der Waals surface area (Å²) in [5.41, 5.74) is 4.55. The van der Waals surface area contributed by atoms with Crippen LogP contribution in [0.5, 0.6) is 0 Å². The van der Waals surface area contributed by atoms with Crippen LogP contribution in [-0.2, 0) is 7.05 Å². The predicted molar refractivity (Wildman–Crippen MR) is 131 cm³/mol. The lowest BCUT2D eigenvalue weighted by molar-refractivity contribution is 0.409. The third kappa shape index (κ3) is 3.67. The van der Waals surface area contributed by atoms with Gasteiger partial charge in [0.25, 0.3) is 0 Å². The molecule has 8 heteroatoms. The van der Waals surface area contributed by atoms with Gasteiger partial charge in [0.15, 0.2) is 10.8 Å². The standard InChI is InChI=1S/C25H25N7S/c1-31-24-21(15-29-31)10-20(14-28-24)23-22(17-4-2-16(11-26)3-5-17)30-25(33-23)32-8-6-18-12-27-13-19(18)7-9-32/h2-5,10,14-15,18-19,27H,6-9,12-13H2,1H3. The Morgan fingerprint density at radius 2 is 1.82 bits per heavy atom. The predicted octanol–water partition coefficient (Wildman–Crippen LogP) is 4.07. The minimum absolute atomic E-state index is 0.655. The van der Waals surface area contributed by atoms with Crippen molar-refractivity contribution in [3.63, 3.8) is 0 Å². The average Bonchev–Trinajstić information content (AvgIpc) is 3.55. The third-order valence-corrected chi connectivity index (χ3v) is 8.19. The molecule has 1 aromatic carbocycles. The van der Waals surface area contributed by atoms with Crippen LogP contribution in [0.4, 0.5) is 5.13 Å². The number of pyridine rings is 1. The summed E-state index contributed by atoms with van der Waals surface area (Å²) in [4.78, 5) is 13.4.